The highest BCUT2D eigenvalue weighted by molar-refractivity contribution is 7.17. The molecule has 1 heteroatoms. The van der Waals surface area contributed by atoms with Crippen molar-refractivity contribution in [3.8, 4) is 0 Å². The predicted molar refractivity (Wildman–Crippen MR) is 53.9 cm³/mol. The van der Waals surface area contributed by atoms with E-state index in [1.807, 2.05) is 0 Å². The average molecular weight is 161 g/mol. The molecule has 0 amide bonds. The monoisotopic (exact) mass is 161 g/mol. The van der Waals surface area contributed by atoms with Crippen LogP contribution < -0.4 is 0 Å². The first-order valence-electron chi connectivity index (χ1n) is 4.53. The van der Waals surface area contributed by atoms with Crippen molar-refractivity contribution in [1.82, 2.24) is 0 Å². The van der Waals surface area contributed by atoms with Crippen LogP contribution in [-0.2, 0) is 0 Å². The van der Waals surface area contributed by atoms with Crippen LogP contribution in [0.15, 0.2) is 0 Å². The third-order valence-electron chi connectivity index (χ3n) is 2.34. The summed E-state index contributed by atoms with van der Waals surface area (Å²) in [5, 5.41) is 0. The van der Waals surface area contributed by atoms with Crippen LogP contribution in [0.4, 0.5) is 0 Å². The number of hydrogen-bond acceptors (Lipinski definition) is 0. The minimum absolute atomic E-state index is 0.943. The van der Waals surface area contributed by atoms with Crippen LogP contribution in [-0.4, -0.2) is 5.66 Å². The molecule has 0 aliphatic carbocycles. The van der Waals surface area contributed by atoms with Crippen LogP contribution in [0.2, 0.25) is 0 Å². The lowest BCUT2D eigenvalue weighted by Gasteiger charge is -2.08. The third-order valence-corrected chi connectivity index (χ3v) is 3.33. The molecule has 0 aromatic heterocycles. The fourth-order valence-electron chi connectivity index (χ4n) is 0.928. The average Bonchev–Trinajstić information content (AvgIpc) is 1.99. The Hall–Kier alpha value is 0.430. The molecule has 0 aromatic carbocycles. The summed E-state index contributed by atoms with van der Waals surface area (Å²) in [6.07, 6.45) is 5.57. The molecule has 0 rings (SSSR count). The zero-order chi connectivity index (χ0) is 7.98. The third kappa shape index (κ3) is 5.23. The van der Waals surface area contributed by atoms with E-state index in [1.165, 1.54) is 25.7 Å². The molecule has 0 aromatic rings. The van der Waals surface area contributed by atoms with E-state index >= 15 is 0 Å². The van der Waals surface area contributed by atoms with Crippen molar-refractivity contribution in [2.24, 2.45) is 5.92 Å². The Morgan fingerprint density at radius 2 is 1.70 bits per heavy atom. The summed E-state index contributed by atoms with van der Waals surface area (Å²) >= 11 is 0. The second-order valence-corrected chi connectivity index (χ2v) is 4.52. The van der Waals surface area contributed by atoms with E-state index in [0.717, 1.165) is 11.6 Å². The summed E-state index contributed by atoms with van der Waals surface area (Å²) in [5.74, 6) is 0.943. The molecule has 3 unspecified atom stereocenters. The minimum Gasteiger partial charge on any atom is -0.0651 e. The fraction of sp³-hybridized carbons (Fsp3) is 1.00. The Labute approximate surface area is 68.0 Å². The fourth-order valence-corrected chi connectivity index (χ4v) is 1.16. The Morgan fingerprint density at radius 1 is 1.10 bits per heavy atom. The molecule has 0 radical (unpaired) electrons. The molecule has 0 aliphatic heterocycles. The topological polar surface area (TPSA) is 0 Å². The lowest BCUT2D eigenvalue weighted by Crippen LogP contribution is -1.99. The van der Waals surface area contributed by atoms with Gasteiger partial charge >= 0.3 is 0 Å². The molecule has 0 fully saturated rings. The highest BCUT2D eigenvalue weighted by Gasteiger charge is 2.05. The molecule has 0 aliphatic rings. The van der Waals surface area contributed by atoms with Crippen LogP contribution in [0.1, 0.15) is 46.5 Å². The quantitative estimate of drug-likeness (QED) is 0.543. The van der Waals surface area contributed by atoms with Gasteiger partial charge in [-0.15, -0.1) is 0 Å². The number of hydrogen-bond donors (Lipinski definition) is 0. The lowest BCUT2D eigenvalue weighted by atomic mass is 10.0. The van der Waals surface area contributed by atoms with Gasteiger partial charge in [-0.05, 0) is 34.4 Å². The van der Waals surface area contributed by atoms with Gasteiger partial charge in [0.15, 0.2) is 0 Å². The first-order valence-corrected chi connectivity index (χ1v) is 5.35. The summed E-state index contributed by atoms with van der Waals surface area (Å²) in [6, 6.07) is 0. The summed E-state index contributed by atoms with van der Waals surface area (Å²) in [6.45, 7) is 6.92. The van der Waals surface area contributed by atoms with Crippen molar-refractivity contribution in [1.29, 1.82) is 0 Å². The lowest BCUT2D eigenvalue weighted by molar-refractivity contribution is 0.487. The normalized spacial score (nSPS) is 17.1. The maximum Gasteiger partial charge on any atom is 0.0627 e. The molecule has 0 nitrogen and oxygen atoms in total. The van der Waals surface area contributed by atoms with Gasteiger partial charge in [0, 0.05) is 0 Å². The van der Waals surface area contributed by atoms with Gasteiger partial charge in [0.1, 0.15) is 0 Å². The molecule has 0 N–H and O–H groups in total. The van der Waals surface area contributed by atoms with E-state index in [2.05, 4.69) is 30.0 Å². The van der Waals surface area contributed by atoms with Crippen LogP contribution in [0.3, 0.4) is 0 Å². The van der Waals surface area contributed by atoms with Gasteiger partial charge in [0.25, 0.3) is 0 Å². The Bertz CT molecular complexity index is 61.1. The largest absolute Gasteiger partial charge is 0.0651 e. The molecular weight excluding hydrogens is 139 g/mol. The van der Waals surface area contributed by atoms with Crippen molar-refractivity contribution in [3.05, 3.63) is 0 Å². The molecule has 3 atom stereocenters. The van der Waals surface area contributed by atoms with Gasteiger partial charge in [-0.1, -0.05) is 27.2 Å². The zero-order valence-electron chi connectivity index (χ0n) is 7.69. The Balaban J connectivity index is 3.17. The smallest absolute Gasteiger partial charge is 0.0627 e. The van der Waals surface area contributed by atoms with E-state index in [9.17, 15) is 0 Å². The molecule has 0 bridgehead atoms. The van der Waals surface area contributed by atoms with Crippen molar-refractivity contribution in [2.45, 2.75) is 52.1 Å². The summed E-state index contributed by atoms with van der Waals surface area (Å²) in [7, 11) is 2.16. The van der Waals surface area contributed by atoms with Crippen LogP contribution in [0.25, 0.3) is 0 Å². The van der Waals surface area contributed by atoms with E-state index < -0.39 is 0 Å². The zero-order valence-corrected chi connectivity index (χ0v) is 9.10. The van der Waals surface area contributed by atoms with Crippen LogP contribution in [0, 0.1) is 5.92 Å². The molecule has 0 saturated carbocycles. The standard InChI is InChI=1S/C9H21P/c1-4-8(3)6-7-9(10)5-2/h8-9H,4-7,10H2,1-3H3/p+1. The molecule has 0 saturated heterocycles. The highest BCUT2D eigenvalue weighted by atomic mass is 31.0. The summed E-state index contributed by atoms with van der Waals surface area (Å²) in [5.41, 5.74) is 0.967. The summed E-state index contributed by atoms with van der Waals surface area (Å²) in [4.78, 5) is 0. The van der Waals surface area contributed by atoms with E-state index in [0.29, 0.717) is 0 Å². The van der Waals surface area contributed by atoms with Crippen molar-refractivity contribution in [2.75, 3.05) is 0 Å². The molecule has 62 valence electrons. The van der Waals surface area contributed by atoms with Gasteiger partial charge in [-0.3, -0.25) is 0 Å². The second-order valence-electron chi connectivity index (χ2n) is 3.37. The second kappa shape index (κ2) is 6.16. The first kappa shape index (κ1) is 10.4. The van der Waals surface area contributed by atoms with Gasteiger partial charge in [-0.2, -0.15) is 0 Å². The van der Waals surface area contributed by atoms with Crippen LogP contribution in [0.5, 0.6) is 0 Å². The summed E-state index contributed by atoms with van der Waals surface area (Å²) < 4.78 is 0. The predicted octanol–water partition coefficient (Wildman–Crippen LogP) is 3.20. The van der Waals surface area contributed by atoms with Crippen molar-refractivity contribution < 1.29 is 0 Å². The minimum atomic E-state index is 0.943. The molecule has 0 heterocycles. The Kier molecular flexibility index (Phi) is 6.43. The van der Waals surface area contributed by atoms with E-state index in [4.69, 9.17) is 0 Å². The maximum absolute atomic E-state index is 2.35. The van der Waals surface area contributed by atoms with E-state index in [1.54, 1.807) is 0 Å². The van der Waals surface area contributed by atoms with E-state index in [-0.39, 0.29) is 0 Å². The van der Waals surface area contributed by atoms with Gasteiger partial charge < -0.3 is 0 Å². The van der Waals surface area contributed by atoms with Gasteiger partial charge in [-0.25, -0.2) is 0 Å². The highest BCUT2D eigenvalue weighted by Crippen LogP contribution is 2.17. The van der Waals surface area contributed by atoms with Gasteiger partial charge in [0.05, 0.1) is 5.66 Å². The Morgan fingerprint density at radius 3 is 2.10 bits per heavy atom. The molecule has 0 spiro atoms. The molecule has 10 heavy (non-hydrogen) atoms. The van der Waals surface area contributed by atoms with Crippen LogP contribution >= 0.6 is 9.24 Å². The number of rotatable bonds is 5. The van der Waals surface area contributed by atoms with Crippen molar-refractivity contribution in [3.63, 3.8) is 0 Å². The molecular formula is C9H22P+. The van der Waals surface area contributed by atoms with Gasteiger partial charge in [0.2, 0.25) is 0 Å². The maximum atomic E-state index is 2.35. The SMILES string of the molecule is CCC(C)CCC([PH3+])CC. The van der Waals surface area contributed by atoms with Crippen molar-refractivity contribution >= 4 is 9.24 Å². The first-order chi connectivity index (χ1) is 4.70.